The van der Waals surface area contributed by atoms with Crippen LogP contribution in [0, 0.1) is 13.8 Å². The second-order valence-electron chi connectivity index (χ2n) is 5.82. The van der Waals surface area contributed by atoms with Crippen LogP contribution in [0.4, 0.5) is 0 Å². The molecular weight excluding hydrogens is 332 g/mol. The van der Waals surface area contributed by atoms with E-state index in [1.54, 1.807) is 24.3 Å². The highest BCUT2D eigenvalue weighted by Crippen LogP contribution is 2.24. The van der Waals surface area contributed by atoms with Crippen LogP contribution < -0.4 is 5.11 Å². The summed E-state index contributed by atoms with van der Waals surface area (Å²) >= 11 is 1.53. The predicted octanol–water partition coefficient (Wildman–Crippen LogP) is 3.42. The molecule has 0 atom stereocenters. The summed E-state index contributed by atoms with van der Waals surface area (Å²) < 4.78 is 0. The third-order valence-corrected chi connectivity index (χ3v) is 4.66. The Labute approximate surface area is 151 Å². The maximum Gasteiger partial charge on any atom is 0.188 e. The fourth-order valence-corrected chi connectivity index (χ4v) is 3.22. The summed E-state index contributed by atoms with van der Waals surface area (Å²) in [4.78, 5) is 19.9. The zero-order chi connectivity index (χ0) is 17.8. The van der Waals surface area contributed by atoms with Crippen molar-refractivity contribution >= 4 is 17.7 Å². The van der Waals surface area contributed by atoms with E-state index in [0.29, 0.717) is 10.9 Å². The molecule has 0 N–H and O–H groups in total. The summed E-state index contributed by atoms with van der Waals surface area (Å²) in [5, 5.41) is 11.5. The number of benzene rings is 2. The largest absolute Gasteiger partial charge is 0.545 e. The number of carboxylic acids is 1. The molecule has 0 aliphatic rings. The third kappa shape index (κ3) is 4.45. The molecule has 2 aromatic carbocycles. The summed E-state index contributed by atoms with van der Waals surface area (Å²) in [5.74, 6) is -0.492. The van der Waals surface area contributed by atoms with Gasteiger partial charge in [0, 0.05) is 17.0 Å². The van der Waals surface area contributed by atoms with Crippen molar-refractivity contribution in [2.75, 3.05) is 0 Å². The lowest BCUT2D eigenvalue weighted by Gasteiger charge is -2.07. The Morgan fingerprint density at radius 3 is 2.32 bits per heavy atom. The lowest BCUT2D eigenvalue weighted by molar-refractivity contribution is -0.255. The number of carbonyl (C=O) groups is 1. The van der Waals surface area contributed by atoms with Crippen molar-refractivity contribution in [2.45, 2.75) is 24.8 Å². The van der Waals surface area contributed by atoms with Crippen LogP contribution in [0.25, 0.3) is 11.3 Å². The van der Waals surface area contributed by atoms with E-state index in [4.69, 9.17) is 0 Å². The molecule has 126 valence electrons. The molecule has 0 aliphatic heterocycles. The standard InChI is InChI=1S/C20H18N2O2S/c1-13-3-7-16(8-4-13)18-11-14(2)21-20(22-18)25-12-15-5-9-17(10-6-15)19(23)24/h3-11H,12H2,1-2H3,(H,23,24)/p-1. The number of hydrogen-bond acceptors (Lipinski definition) is 5. The number of carboxylic acid groups (broad SMARTS) is 1. The number of aromatic nitrogens is 2. The summed E-state index contributed by atoms with van der Waals surface area (Å²) in [6.07, 6.45) is 0. The van der Waals surface area contributed by atoms with Gasteiger partial charge in [0.05, 0.1) is 11.7 Å². The van der Waals surface area contributed by atoms with Crippen molar-refractivity contribution in [3.05, 3.63) is 77.0 Å². The van der Waals surface area contributed by atoms with Crippen molar-refractivity contribution in [2.24, 2.45) is 0 Å². The number of thioether (sulfide) groups is 1. The molecule has 0 fully saturated rings. The minimum Gasteiger partial charge on any atom is -0.545 e. The molecule has 3 rings (SSSR count). The minimum absolute atomic E-state index is 0.183. The molecule has 4 nitrogen and oxygen atoms in total. The smallest absolute Gasteiger partial charge is 0.188 e. The lowest BCUT2D eigenvalue weighted by atomic mass is 10.1. The molecule has 1 heterocycles. The van der Waals surface area contributed by atoms with Crippen molar-refractivity contribution < 1.29 is 9.90 Å². The minimum atomic E-state index is -1.16. The van der Waals surface area contributed by atoms with Gasteiger partial charge in [0.1, 0.15) is 0 Å². The zero-order valence-corrected chi connectivity index (χ0v) is 14.8. The van der Waals surface area contributed by atoms with Gasteiger partial charge in [-0.1, -0.05) is 65.9 Å². The van der Waals surface area contributed by atoms with Crippen LogP contribution >= 0.6 is 11.8 Å². The van der Waals surface area contributed by atoms with Gasteiger partial charge < -0.3 is 9.90 Å². The second kappa shape index (κ2) is 7.49. The van der Waals surface area contributed by atoms with Crippen LogP contribution in [0.3, 0.4) is 0 Å². The molecule has 0 saturated carbocycles. The molecule has 0 radical (unpaired) electrons. The highest BCUT2D eigenvalue weighted by Gasteiger charge is 2.06. The normalized spacial score (nSPS) is 10.6. The topological polar surface area (TPSA) is 65.9 Å². The Hall–Kier alpha value is -2.66. The Morgan fingerprint density at radius 1 is 1.00 bits per heavy atom. The van der Waals surface area contributed by atoms with E-state index in [1.165, 1.54) is 17.3 Å². The van der Waals surface area contributed by atoms with Crippen molar-refractivity contribution in [3.8, 4) is 11.3 Å². The Balaban J connectivity index is 1.76. The SMILES string of the molecule is Cc1ccc(-c2cc(C)nc(SCc3ccc(C(=O)[O-])cc3)n2)cc1. The van der Waals surface area contributed by atoms with Gasteiger partial charge in [0.25, 0.3) is 0 Å². The van der Waals surface area contributed by atoms with Gasteiger partial charge in [-0.15, -0.1) is 0 Å². The summed E-state index contributed by atoms with van der Waals surface area (Å²) in [6.45, 7) is 4.01. The molecule has 0 bridgehead atoms. The summed E-state index contributed by atoms with van der Waals surface area (Å²) in [5.41, 5.74) is 5.29. The van der Waals surface area contributed by atoms with E-state index < -0.39 is 5.97 Å². The fraction of sp³-hybridized carbons (Fsp3) is 0.150. The first-order valence-corrected chi connectivity index (χ1v) is 8.85. The molecule has 3 aromatic rings. The molecule has 25 heavy (non-hydrogen) atoms. The molecule has 0 spiro atoms. The van der Waals surface area contributed by atoms with Gasteiger partial charge in [-0.3, -0.25) is 0 Å². The number of aromatic carboxylic acids is 1. The summed E-state index contributed by atoms with van der Waals surface area (Å²) in [7, 11) is 0. The zero-order valence-electron chi connectivity index (χ0n) is 14.0. The highest BCUT2D eigenvalue weighted by molar-refractivity contribution is 7.98. The Kier molecular flexibility index (Phi) is 5.14. The lowest BCUT2D eigenvalue weighted by Crippen LogP contribution is -2.21. The maximum atomic E-state index is 10.8. The van der Waals surface area contributed by atoms with Crippen LogP contribution in [0.15, 0.2) is 59.8 Å². The molecule has 0 saturated heterocycles. The first kappa shape index (κ1) is 17.2. The van der Waals surface area contributed by atoms with Gasteiger partial charge in [0.2, 0.25) is 0 Å². The monoisotopic (exact) mass is 349 g/mol. The van der Waals surface area contributed by atoms with E-state index in [9.17, 15) is 9.90 Å². The summed E-state index contributed by atoms with van der Waals surface area (Å²) in [6, 6.07) is 16.9. The van der Waals surface area contributed by atoms with E-state index in [0.717, 1.165) is 22.5 Å². The van der Waals surface area contributed by atoms with Crippen LogP contribution in [-0.4, -0.2) is 15.9 Å². The van der Waals surface area contributed by atoms with Crippen LogP contribution in [0.1, 0.15) is 27.2 Å². The van der Waals surface area contributed by atoms with E-state index in [2.05, 4.69) is 41.2 Å². The molecule has 5 heteroatoms. The quantitative estimate of drug-likeness (QED) is 0.522. The van der Waals surface area contributed by atoms with Crippen LogP contribution in [-0.2, 0) is 5.75 Å². The van der Waals surface area contributed by atoms with E-state index in [1.807, 2.05) is 13.0 Å². The number of aryl methyl sites for hydroxylation is 2. The Bertz CT molecular complexity index is 891. The fourth-order valence-electron chi connectivity index (χ4n) is 2.36. The van der Waals surface area contributed by atoms with Crippen molar-refractivity contribution in [1.82, 2.24) is 9.97 Å². The molecule has 0 amide bonds. The molecule has 0 unspecified atom stereocenters. The third-order valence-electron chi connectivity index (χ3n) is 3.74. The van der Waals surface area contributed by atoms with Gasteiger partial charge in [0.15, 0.2) is 5.16 Å². The van der Waals surface area contributed by atoms with Crippen LogP contribution in [0.2, 0.25) is 0 Å². The molecule has 0 aliphatic carbocycles. The average molecular weight is 349 g/mol. The van der Waals surface area contributed by atoms with Crippen molar-refractivity contribution in [1.29, 1.82) is 0 Å². The number of nitrogens with zero attached hydrogens (tertiary/aromatic N) is 2. The molecular formula is C20H17N2O2S-. The number of rotatable bonds is 5. The van der Waals surface area contributed by atoms with Gasteiger partial charge >= 0.3 is 0 Å². The Morgan fingerprint density at radius 2 is 1.68 bits per heavy atom. The number of hydrogen-bond donors (Lipinski definition) is 0. The molecule has 1 aromatic heterocycles. The van der Waals surface area contributed by atoms with E-state index >= 15 is 0 Å². The first-order chi connectivity index (χ1) is 12.0. The highest BCUT2D eigenvalue weighted by atomic mass is 32.2. The predicted molar refractivity (Wildman–Crippen MR) is 97.3 cm³/mol. The van der Waals surface area contributed by atoms with Crippen molar-refractivity contribution in [3.63, 3.8) is 0 Å². The average Bonchev–Trinajstić information content (AvgIpc) is 2.60. The van der Waals surface area contributed by atoms with E-state index in [-0.39, 0.29) is 5.56 Å². The first-order valence-electron chi connectivity index (χ1n) is 7.87. The number of carbonyl (C=O) groups excluding carboxylic acids is 1. The maximum absolute atomic E-state index is 10.8. The van der Waals surface area contributed by atoms with Gasteiger partial charge in [-0.2, -0.15) is 0 Å². The van der Waals surface area contributed by atoms with Gasteiger partial charge in [-0.05, 0) is 31.0 Å². The van der Waals surface area contributed by atoms with Gasteiger partial charge in [-0.25, -0.2) is 9.97 Å². The van der Waals surface area contributed by atoms with Crippen LogP contribution in [0.5, 0.6) is 0 Å². The second-order valence-corrected chi connectivity index (χ2v) is 6.76.